The van der Waals surface area contributed by atoms with Gasteiger partial charge in [0.1, 0.15) is 12.9 Å². The van der Waals surface area contributed by atoms with E-state index in [9.17, 15) is 4.79 Å². The molecule has 0 spiro atoms. The number of carbonyl (C=O) groups is 1. The van der Waals surface area contributed by atoms with Gasteiger partial charge in [-0.3, -0.25) is 9.69 Å². The van der Waals surface area contributed by atoms with Crippen molar-refractivity contribution in [3.05, 3.63) is 42.2 Å². The van der Waals surface area contributed by atoms with Crippen LogP contribution < -0.4 is 0 Å². The molecule has 1 aliphatic rings. The summed E-state index contributed by atoms with van der Waals surface area (Å²) < 4.78 is 1.47. The molecule has 2 heterocycles. The Kier molecular flexibility index (Phi) is 4.75. The summed E-state index contributed by atoms with van der Waals surface area (Å²) >= 11 is 0. The topological polar surface area (TPSA) is 67.2 Å². The second-order valence-electron chi connectivity index (χ2n) is 5.50. The Balaban J connectivity index is 1.52. The summed E-state index contributed by atoms with van der Waals surface area (Å²) in [7, 11) is 0. The zero-order valence-electron chi connectivity index (χ0n) is 12.5. The van der Waals surface area contributed by atoms with Crippen molar-refractivity contribution >= 4 is 5.91 Å². The molecular weight excluding hydrogens is 280 g/mol. The number of nitrogens with zero attached hydrogens (tertiary/aromatic N) is 6. The molecule has 3 rings (SSSR count). The second kappa shape index (κ2) is 7.13. The number of rotatable bonds is 4. The van der Waals surface area contributed by atoms with E-state index in [1.165, 1.54) is 16.6 Å². The van der Waals surface area contributed by atoms with Crippen molar-refractivity contribution < 1.29 is 4.79 Å². The van der Waals surface area contributed by atoms with Gasteiger partial charge in [-0.15, -0.1) is 5.10 Å². The number of benzene rings is 1. The highest BCUT2D eigenvalue weighted by Gasteiger charge is 2.19. The predicted octanol–water partition coefficient (Wildman–Crippen LogP) is 0.408. The molecule has 1 aromatic carbocycles. The van der Waals surface area contributed by atoms with Gasteiger partial charge in [-0.1, -0.05) is 30.3 Å². The molecule has 2 aromatic rings. The normalized spacial score (nSPS) is 16.5. The maximum absolute atomic E-state index is 12.3. The molecule has 7 nitrogen and oxygen atoms in total. The summed E-state index contributed by atoms with van der Waals surface area (Å²) in [5, 5.41) is 10.8. The van der Waals surface area contributed by atoms with Crippen molar-refractivity contribution in [2.45, 2.75) is 19.5 Å². The van der Waals surface area contributed by atoms with Crippen molar-refractivity contribution in [2.75, 3.05) is 26.2 Å². The number of hydrogen-bond acceptors (Lipinski definition) is 5. The van der Waals surface area contributed by atoms with Gasteiger partial charge < -0.3 is 4.90 Å². The molecule has 0 N–H and O–H groups in total. The second-order valence-corrected chi connectivity index (χ2v) is 5.50. The summed E-state index contributed by atoms with van der Waals surface area (Å²) in [6, 6.07) is 10.5. The molecule has 1 aromatic heterocycles. The third kappa shape index (κ3) is 3.88. The standard InChI is InChI=1S/C15H20N6O/c22-15(12-21-13-16-17-18-21)20-8-4-7-19(9-10-20)11-14-5-2-1-3-6-14/h1-3,5-6,13H,4,7-12H2. The molecule has 22 heavy (non-hydrogen) atoms. The summed E-state index contributed by atoms with van der Waals surface area (Å²) in [6.45, 7) is 4.63. The predicted molar refractivity (Wildman–Crippen MR) is 80.7 cm³/mol. The molecule has 116 valence electrons. The molecule has 1 fully saturated rings. The number of amides is 1. The van der Waals surface area contributed by atoms with Crippen LogP contribution in [0.5, 0.6) is 0 Å². The number of hydrogen-bond donors (Lipinski definition) is 0. The lowest BCUT2D eigenvalue weighted by Gasteiger charge is -2.22. The highest BCUT2D eigenvalue weighted by Crippen LogP contribution is 2.09. The summed E-state index contributed by atoms with van der Waals surface area (Å²) in [6.07, 6.45) is 2.46. The number of carbonyl (C=O) groups excluding carboxylic acids is 1. The lowest BCUT2D eigenvalue weighted by molar-refractivity contribution is -0.131. The monoisotopic (exact) mass is 300 g/mol. The van der Waals surface area contributed by atoms with E-state index in [2.05, 4.69) is 44.7 Å². The van der Waals surface area contributed by atoms with Gasteiger partial charge >= 0.3 is 0 Å². The van der Waals surface area contributed by atoms with Crippen LogP contribution in [0.25, 0.3) is 0 Å². The summed E-state index contributed by atoms with van der Waals surface area (Å²) in [4.78, 5) is 16.6. The van der Waals surface area contributed by atoms with Crippen LogP contribution in [0.2, 0.25) is 0 Å². The maximum Gasteiger partial charge on any atom is 0.244 e. The van der Waals surface area contributed by atoms with E-state index < -0.39 is 0 Å². The third-order valence-corrected chi connectivity index (χ3v) is 3.88. The van der Waals surface area contributed by atoms with Crippen LogP contribution in [-0.4, -0.2) is 62.1 Å². The Hall–Kier alpha value is -2.28. The van der Waals surface area contributed by atoms with Crippen molar-refractivity contribution in [3.8, 4) is 0 Å². The first-order valence-corrected chi connectivity index (χ1v) is 7.56. The molecule has 0 bridgehead atoms. The fraction of sp³-hybridized carbons (Fsp3) is 0.467. The number of tetrazole rings is 1. The molecule has 0 saturated carbocycles. The summed E-state index contributed by atoms with van der Waals surface area (Å²) in [5.41, 5.74) is 1.32. The van der Waals surface area contributed by atoms with Gasteiger partial charge in [0.2, 0.25) is 5.91 Å². The van der Waals surface area contributed by atoms with Crippen LogP contribution in [0.15, 0.2) is 36.7 Å². The Labute approximate surface area is 129 Å². The Morgan fingerprint density at radius 1 is 1.09 bits per heavy atom. The molecule has 1 amide bonds. The average molecular weight is 300 g/mol. The number of aromatic nitrogens is 4. The molecule has 0 atom stereocenters. The molecule has 1 saturated heterocycles. The largest absolute Gasteiger partial charge is 0.340 e. The van der Waals surface area contributed by atoms with E-state index in [0.717, 1.165) is 39.1 Å². The van der Waals surface area contributed by atoms with Crippen LogP contribution in [0.4, 0.5) is 0 Å². The van der Waals surface area contributed by atoms with Gasteiger partial charge in [0, 0.05) is 32.7 Å². The van der Waals surface area contributed by atoms with Gasteiger partial charge in [0.05, 0.1) is 0 Å². The highest BCUT2D eigenvalue weighted by atomic mass is 16.2. The van der Waals surface area contributed by atoms with Crippen molar-refractivity contribution in [1.29, 1.82) is 0 Å². The Morgan fingerprint density at radius 3 is 2.73 bits per heavy atom. The van der Waals surface area contributed by atoms with Crippen LogP contribution >= 0.6 is 0 Å². The van der Waals surface area contributed by atoms with Gasteiger partial charge in [0.25, 0.3) is 0 Å². The van der Waals surface area contributed by atoms with Gasteiger partial charge in [0.15, 0.2) is 0 Å². The fourth-order valence-corrected chi connectivity index (χ4v) is 2.71. The minimum Gasteiger partial charge on any atom is -0.340 e. The first-order valence-electron chi connectivity index (χ1n) is 7.56. The van der Waals surface area contributed by atoms with E-state index in [1.54, 1.807) is 0 Å². The lowest BCUT2D eigenvalue weighted by Crippen LogP contribution is -2.37. The van der Waals surface area contributed by atoms with Gasteiger partial charge in [-0.25, -0.2) is 4.68 Å². The molecular formula is C15H20N6O. The molecule has 1 aliphatic heterocycles. The molecule has 0 unspecified atom stereocenters. The molecule has 0 radical (unpaired) electrons. The van der Waals surface area contributed by atoms with E-state index in [-0.39, 0.29) is 12.5 Å². The zero-order chi connectivity index (χ0) is 15.2. The lowest BCUT2D eigenvalue weighted by atomic mass is 10.2. The van der Waals surface area contributed by atoms with Gasteiger partial charge in [-0.2, -0.15) is 0 Å². The third-order valence-electron chi connectivity index (χ3n) is 3.88. The maximum atomic E-state index is 12.3. The van der Waals surface area contributed by atoms with E-state index in [0.29, 0.717) is 0 Å². The fourth-order valence-electron chi connectivity index (χ4n) is 2.71. The summed E-state index contributed by atoms with van der Waals surface area (Å²) in [5.74, 6) is 0.0776. The van der Waals surface area contributed by atoms with Crippen molar-refractivity contribution in [2.24, 2.45) is 0 Å². The van der Waals surface area contributed by atoms with Crippen molar-refractivity contribution in [1.82, 2.24) is 30.0 Å². The smallest absolute Gasteiger partial charge is 0.244 e. The van der Waals surface area contributed by atoms with Crippen LogP contribution in [0.1, 0.15) is 12.0 Å². The van der Waals surface area contributed by atoms with Gasteiger partial charge in [-0.05, 0) is 22.4 Å². The van der Waals surface area contributed by atoms with Crippen LogP contribution in [0.3, 0.4) is 0 Å². The van der Waals surface area contributed by atoms with Crippen LogP contribution in [0, 0.1) is 0 Å². The highest BCUT2D eigenvalue weighted by molar-refractivity contribution is 5.75. The molecule has 0 aliphatic carbocycles. The Bertz CT molecular complexity index is 585. The first-order chi connectivity index (χ1) is 10.8. The SMILES string of the molecule is O=C(Cn1cnnn1)N1CCCN(Cc2ccccc2)CC1. The van der Waals surface area contributed by atoms with E-state index in [4.69, 9.17) is 0 Å². The zero-order valence-corrected chi connectivity index (χ0v) is 12.5. The molecule has 7 heteroatoms. The first kappa shape index (κ1) is 14.6. The van der Waals surface area contributed by atoms with Crippen LogP contribution in [-0.2, 0) is 17.9 Å². The van der Waals surface area contributed by atoms with Crippen molar-refractivity contribution in [3.63, 3.8) is 0 Å². The minimum absolute atomic E-state index is 0.0776. The average Bonchev–Trinajstić information content (AvgIpc) is 2.93. The van der Waals surface area contributed by atoms with E-state index >= 15 is 0 Å². The Morgan fingerprint density at radius 2 is 1.95 bits per heavy atom. The quantitative estimate of drug-likeness (QED) is 0.818. The minimum atomic E-state index is 0.0776. The van der Waals surface area contributed by atoms with E-state index in [1.807, 2.05) is 11.0 Å².